The highest BCUT2D eigenvalue weighted by atomic mass is 16.4. The van der Waals surface area contributed by atoms with E-state index >= 15 is 0 Å². The summed E-state index contributed by atoms with van der Waals surface area (Å²) in [6.07, 6.45) is 2.72. The van der Waals surface area contributed by atoms with Gasteiger partial charge in [-0.1, -0.05) is 23.4 Å². The Morgan fingerprint density at radius 2 is 2.17 bits per heavy atom. The van der Waals surface area contributed by atoms with Gasteiger partial charge in [0.15, 0.2) is 0 Å². The van der Waals surface area contributed by atoms with Gasteiger partial charge in [-0.05, 0) is 18.9 Å². The summed E-state index contributed by atoms with van der Waals surface area (Å²) in [5.41, 5.74) is 2.29. The number of nitrogens with zero attached hydrogens (tertiary/aromatic N) is 2. The molecule has 2 amide bonds. The third-order valence-corrected chi connectivity index (χ3v) is 3.35. The van der Waals surface area contributed by atoms with E-state index in [1.165, 1.54) is 0 Å². The highest BCUT2D eigenvalue weighted by Crippen LogP contribution is 2.28. The van der Waals surface area contributed by atoms with Gasteiger partial charge >= 0.3 is 6.03 Å². The lowest BCUT2D eigenvalue weighted by atomic mass is 10.00. The molecule has 1 fully saturated rings. The third kappa shape index (κ3) is 1.92. The number of fused-ring (bicyclic) bond motifs is 1. The second-order valence-corrected chi connectivity index (χ2v) is 4.69. The van der Waals surface area contributed by atoms with Crippen LogP contribution in [-0.4, -0.2) is 29.5 Å². The number of amides is 2. The van der Waals surface area contributed by atoms with Crippen molar-refractivity contribution >= 4 is 17.4 Å². The van der Waals surface area contributed by atoms with Gasteiger partial charge in [0.05, 0.1) is 11.4 Å². The monoisotopic (exact) mass is 245 g/mol. The molecule has 0 unspecified atom stereocenters. The molecule has 1 heterocycles. The zero-order valence-electron chi connectivity index (χ0n) is 9.97. The Bertz CT molecular complexity index is 509. The number of rotatable bonds is 1. The van der Waals surface area contributed by atoms with Gasteiger partial charge in [0.2, 0.25) is 0 Å². The number of carbonyl (C=O) groups is 1. The lowest BCUT2D eigenvalue weighted by Crippen LogP contribution is -2.44. The van der Waals surface area contributed by atoms with Crippen LogP contribution in [0.5, 0.6) is 0 Å². The molecular formula is C13H15N3O2. The van der Waals surface area contributed by atoms with E-state index in [1.54, 1.807) is 4.90 Å². The van der Waals surface area contributed by atoms with Crippen LogP contribution < -0.4 is 10.2 Å². The Kier molecular flexibility index (Phi) is 2.66. The smallest absolute Gasteiger partial charge is 0.322 e. The largest absolute Gasteiger partial charge is 0.411 e. The first kappa shape index (κ1) is 11.1. The van der Waals surface area contributed by atoms with Gasteiger partial charge in [-0.2, -0.15) is 0 Å². The van der Waals surface area contributed by atoms with E-state index in [1.807, 2.05) is 24.3 Å². The highest BCUT2D eigenvalue weighted by molar-refractivity contribution is 6.10. The molecule has 3 rings (SSSR count). The molecule has 2 N–H and O–H groups in total. The van der Waals surface area contributed by atoms with E-state index in [4.69, 9.17) is 5.21 Å². The molecule has 1 aliphatic carbocycles. The second-order valence-electron chi connectivity index (χ2n) is 4.69. The number of oxime groups is 1. The zero-order chi connectivity index (χ0) is 12.5. The highest BCUT2D eigenvalue weighted by Gasteiger charge is 2.30. The molecule has 2 aliphatic rings. The molecule has 1 aliphatic heterocycles. The first-order chi connectivity index (χ1) is 8.79. The Morgan fingerprint density at radius 3 is 2.89 bits per heavy atom. The van der Waals surface area contributed by atoms with Gasteiger partial charge in [-0.15, -0.1) is 0 Å². The fourth-order valence-electron chi connectivity index (χ4n) is 2.22. The molecule has 0 aromatic heterocycles. The Balaban J connectivity index is 1.90. The second kappa shape index (κ2) is 4.33. The first-order valence-electron chi connectivity index (χ1n) is 6.18. The van der Waals surface area contributed by atoms with Gasteiger partial charge in [-0.25, -0.2) is 4.79 Å². The molecule has 0 radical (unpaired) electrons. The molecule has 5 nitrogen and oxygen atoms in total. The van der Waals surface area contributed by atoms with Crippen molar-refractivity contribution in [1.29, 1.82) is 0 Å². The summed E-state index contributed by atoms with van der Waals surface area (Å²) in [6.45, 7) is 0.551. The predicted octanol–water partition coefficient (Wildman–Crippen LogP) is 1.95. The number of para-hydroxylation sites is 1. The van der Waals surface area contributed by atoms with Crippen LogP contribution in [0.15, 0.2) is 29.4 Å². The minimum atomic E-state index is -0.0538. The minimum absolute atomic E-state index is 0.0538. The molecule has 18 heavy (non-hydrogen) atoms. The van der Waals surface area contributed by atoms with Crippen molar-refractivity contribution in [1.82, 2.24) is 5.32 Å². The molecule has 1 saturated carbocycles. The van der Waals surface area contributed by atoms with E-state index in [0.717, 1.165) is 24.1 Å². The van der Waals surface area contributed by atoms with Crippen LogP contribution in [0.2, 0.25) is 0 Å². The molecular weight excluding hydrogens is 230 g/mol. The van der Waals surface area contributed by atoms with E-state index < -0.39 is 0 Å². The topological polar surface area (TPSA) is 64.9 Å². The molecule has 0 spiro atoms. The average molecular weight is 245 g/mol. The third-order valence-electron chi connectivity index (χ3n) is 3.35. The molecule has 1 aromatic rings. The maximum Gasteiger partial charge on any atom is 0.322 e. The Labute approximate surface area is 105 Å². The quantitative estimate of drug-likeness (QED) is 0.586. The van der Waals surface area contributed by atoms with Crippen LogP contribution in [0.25, 0.3) is 0 Å². The summed E-state index contributed by atoms with van der Waals surface area (Å²) in [5, 5.41) is 15.3. The van der Waals surface area contributed by atoms with Crippen molar-refractivity contribution < 1.29 is 10.0 Å². The van der Waals surface area contributed by atoms with Crippen LogP contribution in [0.3, 0.4) is 0 Å². The van der Waals surface area contributed by atoms with E-state index in [-0.39, 0.29) is 6.03 Å². The van der Waals surface area contributed by atoms with Gasteiger partial charge in [0.25, 0.3) is 0 Å². The lowest BCUT2D eigenvalue weighted by Gasteiger charge is -2.29. The molecule has 0 saturated heterocycles. The Hall–Kier alpha value is -2.04. The molecule has 0 atom stereocenters. The maximum atomic E-state index is 12.1. The van der Waals surface area contributed by atoms with Crippen molar-refractivity contribution in [2.75, 3.05) is 11.4 Å². The first-order valence-corrected chi connectivity index (χ1v) is 6.18. The number of urea groups is 1. The summed E-state index contributed by atoms with van der Waals surface area (Å²) in [6, 6.07) is 7.81. The van der Waals surface area contributed by atoms with Crippen LogP contribution in [-0.2, 0) is 0 Å². The van der Waals surface area contributed by atoms with E-state index in [0.29, 0.717) is 24.7 Å². The van der Waals surface area contributed by atoms with Crippen molar-refractivity contribution in [3.05, 3.63) is 29.8 Å². The molecule has 1 aromatic carbocycles. The summed E-state index contributed by atoms with van der Waals surface area (Å²) in [7, 11) is 0. The number of benzene rings is 1. The summed E-state index contributed by atoms with van der Waals surface area (Å²) >= 11 is 0. The van der Waals surface area contributed by atoms with Crippen LogP contribution >= 0.6 is 0 Å². The summed E-state index contributed by atoms with van der Waals surface area (Å²) in [4.78, 5) is 13.8. The fourth-order valence-corrected chi connectivity index (χ4v) is 2.22. The number of hydrogen-bond acceptors (Lipinski definition) is 3. The van der Waals surface area contributed by atoms with Crippen molar-refractivity contribution in [2.45, 2.75) is 25.3 Å². The summed E-state index contributed by atoms with van der Waals surface area (Å²) in [5.74, 6) is 0. The maximum absolute atomic E-state index is 12.1. The lowest BCUT2D eigenvalue weighted by molar-refractivity contribution is 0.246. The number of anilines is 1. The predicted molar refractivity (Wildman–Crippen MR) is 68.3 cm³/mol. The molecule has 94 valence electrons. The van der Waals surface area contributed by atoms with Gasteiger partial charge in [0.1, 0.15) is 0 Å². The fraction of sp³-hybridized carbons (Fsp3) is 0.385. The summed E-state index contributed by atoms with van der Waals surface area (Å²) < 4.78 is 0. The van der Waals surface area contributed by atoms with Crippen LogP contribution in [0.1, 0.15) is 24.8 Å². The number of hydrogen-bond donors (Lipinski definition) is 2. The van der Waals surface area contributed by atoms with Crippen LogP contribution in [0, 0.1) is 0 Å². The molecule has 0 bridgehead atoms. The number of nitrogens with one attached hydrogen (secondary N) is 1. The zero-order valence-corrected chi connectivity index (χ0v) is 9.97. The Morgan fingerprint density at radius 1 is 1.39 bits per heavy atom. The van der Waals surface area contributed by atoms with Gasteiger partial charge < -0.3 is 10.5 Å². The number of carbonyl (C=O) groups excluding carboxylic acids is 1. The van der Waals surface area contributed by atoms with E-state index in [2.05, 4.69) is 10.5 Å². The van der Waals surface area contributed by atoms with Crippen molar-refractivity contribution in [3.8, 4) is 0 Å². The van der Waals surface area contributed by atoms with Crippen molar-refractivity contribution in [2.24, 2.45) is 5.16 Å². The average Bonchev–Trinajstić information content (AvgIpc) is 3.21. The SMILES string of the molecule is O=C(NC1CC1)N1CCC(=NO)c2ccccc21. The van der Waals surface area contributed by atoms with Gasteiger partial charge in [-0.3, -0.25) is 4.90 Å². The van der Waals surface area contributed by atoms with Gasteiger partial charge in [0, 0.05) is 24.6 Å². The standard InChI is InChI=1S/C13H15N3O2/c17-13(14-9-5-6-9)16-8-7-11(15-18)10-3-1-2-4-12(10)16/h1-4,9,18H,5-8H2,(H,14,17). The van der Waals surface area contributed by atoms with Crippen LogP contribution in [0.4, 0.5) is 10.5 Å². The molecule has 5 heteroatoms. The van der Waals surface area contributed by atoms with E-state index in [9.17, 15) is 4.79 Å². The normalized spacial score (nSPS) is 20.7. The van der Waals surface area contributed by atoms with Crippen molar-refractivity contribution in [3.63, 3.8) is 0 Å². The minimum Gasteiger partial charge on any atom is -0.411 e.